The van der Waals surface area contributed by atoms with Crippen LogP contribution in [0.4, 0.5) is 0 Å². The van der Waals surface area contributed by atoms with Crippen molar-refractivity contribution < 1.29 is 52.4 Å². The first kappa shape index (κ1) is 33.3. The molecule has 11 nitrogen and oxygen atoms in total. The van der Waals surface area contributed by atoms with E-state index in [2.05, 4.69) is 0 Å². The first-order valence-corrected chi connectivity index (χ1v) is 16.4. The number of hydrogen-bond acceptors (Lipinski definition) is 11. The van der Waals surface area contributed by atoms with E-state index in [0.717, 1.165) is 5.56 Å². The van der Waals surface area contributed by atoms with E-state index in [1.54, 1.807) is 78.9 Å². The molecule has 0 aromatic heterocycles. The molecule has 2 heterocycles. The molecule has 11 heteroatoms. The number of carbonyl (C=O) groups is 5. The van der Waals surface area contributed by atoms with Gasteiger partial charge in [-0.15, -0.1) is 0 Å². The molecule has 2 aliphatic heterocycles. The van der Waals surface area contributed by atoms with Gasteiger partial charge in [0, 0.05) is 5.56 Å². The number of cyclic esters (lactones) is 4. The van der Waals surface area contributed by atoms with Crippen LogP contribution >= 0.6 is 0 Å². The zero-order valence-electron chi connectivity index (χ0n) is 27.2. The number of ether oxygens (including phenoxy) is 6. The van der Waals surface area contributed by atoms with Gasteiger partial charge in [-0.25, -0.2) is 0 Å². The molecule has 1 aliphatic carbocycles. The van der Waals surface area contributed by atoms with Crippen molar-refractivity contribution in [3.05, 3.63) is 125 Å². The molecule has 0 amide bonds. The summed E-state index contributed by atoms with van der Waals surface area (Å²) in [5.74, 6) is -3.02. The number of allylic oxidation sites excluding steroid dienone is 1. The van der Waals surface area contributed by atoms with E-state index in [9.17, 15) is 24.0 Å². The van der Waals surface area contributed by atoms with E-state index in [1.807, 2.05) is 30.3 Å². The van der Waals surface area contributed by atoms with Gasteiger partial charge in [0.25, 0.3) is 0 Å². The standard InChI is InChI=1S/C40H32O11/c41-35(25-4-2-1-3-5-25)17-8-24-6-9-27(10-7-24)48-23-49-28-13-11-26(12-14-28)46-18-19-47-29-15-16-30-31(33-22-36(42)50-38(33)43)21-34-37(32(30)20-29)40(45)51-39(34)44/h1-17,20,31,33-34,37H,18-19,21-23H2/b17-8+. The zero-order valence-corrected chi connectivity index (χ0v) is 27.2. The lowest BCUT2D eigenvalue weighted by Crippen LogP contribution is -2.31. The second kappa shape index (κ2) is 14.7. The monoisotopic (exact) mass is 688 g/mol. The number of carbonyl (C=O) groups excluding carboxylic acids is 5. The number of hydrogen-bond donors (Lipinski definition) is 0. The quantitative estimate of drug-likeness (QED) is 0.0419. The predicted octanol–water partition coefficient (Wildman–Crippen LogP) is 5.82. The number of rotatable bonds is 13. The Kier molecular flexibility index (Phi) is 9.60. The molecule has 0 radical (unpaired) electrons. The Labute approximate surface area is 292 Å². The Morgan fingerprint density at radius 3 is 1.90 bits per heavy atom. The third kappa shape index (κ3) is 7.52. The lowest BCUT2D eigenvalue weighted by atomic mass is 9.67. The highest BCUT2D eigenvalue weighted by molar-refractivity contribution is 6.06. The first-order valence-electron chi connectivity index (χ1n) is 16.4. The Morgan fingerprint density at radius 2 is 1.24 bits per heavy atom. The van der Waals surface area contributed by atoms with Gasteiger partial charge in [0.05, 0.1) is 24.2 Å². The molecular weight excluding hydrogens is 656 g/mol. The molecule has 51 heavy (non-hydrogen) atoms. The molecule has 7 rings (SSSR count). The fourth-order valence-electron chi connectivity index (χ4n) is 6.61. The Hall–Kier alpha value is -6.23. The van der Waals surface area contributed by atoms with Crippen LogP contribution in [0.15, 0.2) is 103 Å². The van der Waals surface area contributed by atoms with Crippen molar-refractivity contribution in [3.8, 4) is 23.0 Å². The highest BCUT2D eigenvalue weighted by Crippen LogP contribution is 2.51. The van der Waals surface area contributed by atoms with Gasteiger partial charge in [0.1, 0.15) is 36.2 Å². The van der Waals surface area contributed by atoms with E-state index >= 15 is 0 Å². The summed E-state index contributed by atoms with van der Waals surface area (Å²) in [6.07, 6.45) is 3.44. The van der Waals surface area contributed by atoms with Crippen molar-refractivity contribution in [2.45, 2.75) is 24.7 Å². The Morgan fingerprint density at radius 1 is 0.627 bits per heavy atom. The normalized spacial score (nSPS) is 20.7. The van der Waals surface area contributed by atoms with E-state index in [-0.39, 0.29) is 38.6 Å². The third-order valence-electron chi connectivity index (χ3n) is 9.11. The van der Waals surface area contributed by atoms with Crippen molar-refractivity contribution in [1.29, 1.82) is 0 Å². The minimum atomic E-state index is -0.797. The van der Waals surface area contributed by atoms with Crippen LogP contribution in [-0.4, -0.2) is 49.7 Å². The van der Waals surface area contributed by atoms with E-state index in [4.69, 9.17) is 28.4 Å². The average Bonchev–Trinajstić information content (AvgIpc) is 3.64. The fraction of sp³-hybridized carbons (Fsp3) is 0.225. The summed E-state index contributed by atoms with van der Waals surface area (Å²) in [6, 6.07) is 28.6. The van der Waals surface area contributed by atoms with Gasteiger partial charge in [0.15, 0.2) is 5.78 Å². The van der Waals surface area contributed by atoms with Crippen LogP contribution in [0, 0.1) is 11.8 Å². The molecule has 2 fully saturated rings. The molecule has 2 saturated heterocycles. The van der Waals surface area contributed by atoms with Crippen LogP contribution in [0.2, 0.25) is 0 Å². The summed E-state index contributed by atoms with van der Waals surface area (Å²) >= 11 is 0. The molecule has 0 spiro atoms. The van der Waals surface area contributed by atoms with Crippen molar-refractivity contribution in [3.63, 3.8) is 0 Å². The lowest BCUT2D eigenvalue weighted by Gasteiger charge is -2.33. The van der Waals surface area contributed by atoms with Crippen LogP contribution in [0.5, 0.6) is 23.0 Å². The first-order chi connectivity index (χ1) is 24.8. The van der Waals surface area contributed by atoms with Crippen LogP contribution in [-0.2, 0) is 28.7 Å². The Bertz CT molecular complexity index is 1980. The van der Waals surface area contributed by atoms with Gasteiger partial charge in [0.2, 0.25) is 6.79 Å². The highest BCUT2D eigenvalue weighted by atomic mass is 16.7. The summed E-state index contributed by atoms with van der Waals surface area (Å²) in [6.45, 7) is 0.401. The maximum Gasteiger partial charge on any atom is 0.321 e. The summed E-state index contributed by atoms with van der Waals surface area (Å²) in [5, 5.41) is 0. The van der Waals surface area contributed by atoms with Crippen molar-refractivity contribution in [1.82, 2.24) is 0 Å². The largest absolute Gasteiger partial charge is 0.490 e. The second-order valence-corrected chi connectivity index (χ2v) is 12.3. The van der Waals surface area contributed by atoms with Crippen LogP contribution in [0.1, 0.15) is 51.7 Å². The average molecular weight is 689 g/mol. The van der Waals surface area contributed by atoms with Gasteiger partial charge in [-0.1, -0.05) is 54.6 Å². The van der Waals surface area contributed by atoms with Gasteiger partial charge >= 0.3 is 23.9 Å². The minimum absolute atomic E-state index is 0.00635. The van der Waals surface area contributed by atoms with Crippen LogP contribution in [0.25, 0.3) is 6.08 Å². The van der Waals surface area contributed by atoms with E-state index in [0.29, 0.717) is 39.7 Å². The molecule has 3 aliphatic rings. The van der Waals surface area contributed by atoms with Crippen LogP contribution in [0.3, 0.4) is 0 Å². The minimum Gasteiger partial charge on any atom is -0.490 e. The number of benzene rings is 4. The van der Waals surface area contributed by atoms with Gasteiger partial charge in [-0.3, -0.25) is 24.0 Å². The SMILES string of the molecule is O=C1CC(C2CC3C(=O)OC(=O)C3c3cc(OCCOc4ccc(OCOc5ccc(/C=C/C(=O)c6ccccc6)cc5)cc4)ccc32)C(=O)O1. The summed E-state index contributed by atoms with van der Waals surface area (Å²) in [5.41, 5.74) is 2.76. The number of fused-ring (bicyclic) bond motifs is 3. The molecule has 0 N–H and O–H groups in total. The fourth-order valence-corrected chi connectivity index (χ4v) is 6.61. The molecule has 0 bridgehead atoms. The smallest absolute Gasteiger partial charge is 0.321 e. The second-order valence-electron chi connectivity index (χ2n) is 12.3. The topological polar surface area (TPSA) is 141 Å². The van der Waals surface area contributed by atoms with E-state index in [1.165, 1.54) is 0 Å². The molecule has 0 saturated carbocycles. The number of esters is 4. The Balaban J connectivity index is 0.871. The van der Waals surface area contributed by atoms with Gasteiger partial charge in [-0.2, -0.15) is 0 Å². The molecule has 4 atom stereocenters. The van der Waals surface area contributed by atoms with Crippen LogP contribution < -0.4 is 18.9 Å². The van der Waals surface area contributed by atoms with Crippen molar-refractivity contribution >= 4 is 35.7 Å². The third-order valence-corrected chi connectivity index (χ3v) is 9.11. The highest BCUT2D eigenvalue weighted by Gasteiger charge is 2.53. The maximum absolute atomic E-state index is 12.6. The van der Waals surface area contributed by atoms with Crippen molar-refractivity contribution in [2.24, 2.45) is 11.8 Å². The van der Waals surface area contributed by atoms with Gasteiger partial charge < -0.3 is 28.4 Å². The molecule has 4 aromatic carbocycles. The maximum atomic E-state index is 12.6. The molecule has 4 unspecified atom stereocenters. The molecule has 4 aromatic rings. The number of ketones is 1. The lowest BCUT2D eigenvalue weighted by molar-refractivity contribution is -0.155. The van der Waals surface area contributed by atoms with Crippen molar-refractivity contribution in [2.75, 3.05) is 20.0 Å². The predicted molar refractivity (Wildman–Crippen MR) is 180 cm³/mol. The summed E-state index contributed by atoms with van der Waals surface area (Å²) in [7, 11) is 0. The van der Waals surface area contributed by atoms with Gasteiger partial charge in [-0.05, 0) is 83.6 Å². The van der Waals surface area contributed by atoms with E-state index < -0.39 is 47.5 Å². The molecule has 258 valence electrons. The summed E-state index contributed by atoms with van der Waals surface area (Å²) in [4.78, 5) is 61.5. The molecular formula is C40H32O11. The summed E-state index contributed by atoms with van der Waals surface area (Å²) < 4.78 is 32.8. The zero-order chi connectivity index (χ0) is 35.3.